The van der Waals surface area contributed by atoms with Gasteiger partial charge in [-0.25, -0.2) is 0 Å². The molecule has 1 rings (SSSR count). The first-order valence-corrected chi connectivity index (χ1v) is 6.23. The molecular weight excluding hydrogens is 200 g/mol. The fraction of sp³-hybridized carbons (Fsp3) is 0.692. The zero-order chi connectivity index (χ0) is 11.8. The molecule has 16 heavy (non-hydrogen) atoms. The number of hydrogen-bond donors (Lipinski definition) is 2. The van der Waals surface area contributed by atoms with Crippen molar-refractivity contribution >= 4 is 0 Å². The summed E-state index contributed by atoms with van der Waals surface area (Å²) in [5.41, 5.74) is 1.35. The van der Waals surface area contributed by atoms with Gasteiger partial charge in [-0.15, -0.1) is 0 Å². The Morgan fingerprint density at radius 2 is 2.31 bits per heavy atom. The Balaban J connectivity index is 2.28. The van der Waals surface area contributed by atoms with E-state index in [1.54, 1.807) is 0 Å². The molecule has 0 aliphatic rings. The Kier molecular flexibility index (Phi) is 6.19. The summed E-state index contributed by atoms with van der Waals surface area (Å²) in [4.78, 5) is 0. The molecule has 3 nitrogen and oxygen atoms in total. The number of rotatable bonds is 8. The molecule has 1 atom stereocenters. The predicted octanol–water partition coefficient (Wildman–Crippen LogP) is 2.01. The lowest BCUT2D eigenvalue weighted by molar-refractivity contribution is 0.260. The lowest BCUT2D eigenvalue weighted by Gasteiger charge is -2.12. The van der Waals surface area contributed by atoms with Crippen LogP contribution in [0, 0.1) is 5.92 Å². The second-order valence-corrected chi connectivity index (χ2v) is 4.44. The van der Waals surface area contributed by atoms with Crippen molar-refractivity contribution < 1.29 is 5.11 Å². The van der Waals surface area contributed by atoms with E-state index in [1.165, 1.54) is 12.1 Å². The molecule has 0 amide bonds. The number of aryl methyl sites for hydroxylation is 1. The van der Waals surface area contributed by atoms with Crippen LogP contribution in [0.15, 0.2) is 18.3 Å². The summed E-state index contributed by atoms with van der Waals surface area (Å²) >= 11 is 0. The third-order valence-corrected chi connectivity index (χ3v) is 2.81. The standard InChI is InChI=1S/C13H24N2O/c1-3-7-15-8-4-5-13(15)11-14-10-12(2)6-9-16/h4-5,8,12,14,16H,3,6-7,9-11H2,1-2H3. The van der Waals surface area contributed by atoms with E-state index >= 15 is 0 Å². The summed E-state index contributed by atoms with van der Waals surface area (Å²) in [5, 5.41) is 12.2. The number of nitrogens with one attached hydrogen (secondary N) is 1. The van der Waals surface area contributed by atoms with Crippen molar-refractivity contribution in [2.24, 2.45) is 5.92 Å². The molecule has 3 heteroatoms. The largest absolute Gasteiger partial charge is 0.396 e. The summed E-state index contributed by atoms with van der Waals surface area (Å²) in [5.74, 6) is 0.541. The van der Waals surface area contributed by atoms with Gasteiger partial charge >= 0.3 is 0 Å². The van der Waals surface area contributed by atoms with Crippen LogP contribution in [0.3, 0.4) is 0 Å². The maximum Gasteiger partial charge on any atom is 0.0434 e. The SMILES string of the molecule is CCCn1cccc1CNCC(C)CCO. The minimum absolute atomic E-state index is 0.287. The van der Waals surface area contributed by atoms with E-state index in [2.05, 4.69) is 42.1 Å². The molecule has 0 saturated carbocycles. The van der Waals surface area contributed by atoms with Crippen LogP contribution in [-0.4, -0.2) is 22.8 Å². The van der Waals surface area contributed by atoms with Crippen LogP contribution < -0.4 is 5.32 Å². The Labute approximate surface area is 98.5 Å². The van der Waals surface area contributed by atoms with Gasteiger partial charge in [-0.2, -0.15) is 0 Å². The van der Waals surface area contributed by atoms with Crippen molar-refractivity contribution in [3.05, 3.63) is 24.0 Å². The number of hydrogen-bond acceptors (Lipinski definition) is 2. The molecule has 0 radical (unpaired) electrons. The van der Waals surface area contributed by atoms with Crippen LogP contribution in [0.25, 0.3) is 0 Å². The molecule has 0 bridgehead atoms. The second-order valence-electron chi connectivity index (χ2n) is 4.44. The first-order valence-electron chi connectivity index (χ1n) is 6.23. The number of nitrogens with zero attached hydrogens (tertiary/aromatic N) is 1. The van der Waals surface area contributed by atoms with Gasteiger partial charge in [-0.1, -0.05) is 13.8 Å². The summed E-state index contributed by atoms with van der Waals surface area (Å²) in [6, 6.07) is 4.27. The lowest BCUT2D eigenvalue weighted by Crippen LogP contribution is -2.22. The maximum atomic E-state index is 8.80. The third-order valence-electron chi connectivity index (χ3n) is 2.81. The molecule has 1 unspecified atom stereocenters. The highest BCUT2D eigenvalue weighted by Crippen LogP contribution is 2.04. The maximum absolute atomic E-state index is 8.80. The number of aromatic nitrogens is 1. The van der Waals surface area contributed by atoms with E-state index < -0.39 is 0 Å². The van der Waals surface area contributed by atoms with Crippen LogP contribution in [0.2, 0.25) is 0 Å². The molecule has 0 aliphatic heterocycles. The quantitative estimate of drug-likeness (QED) is 0.709. The van der Waals surface area contributed by atoms with Crippen molar-refractivity contribution in [3.63, 3.8) is 0 Å². The molecule has 2 N–H and O–H groups in total. The monoisotopic (exact) mass is 224 g/mol. The first kappa shape index (κ1) is 13.3. The molecule has 0 saturated heterocycles. The van der Waals surface area contributed by atoms with E-state index in [4.69, 9.17) is 5.11 Å². The van der Waals surface area contributed by atoms with Crippen LogP contribution in [0.4, 0.5) is 0 Å². The van der Waals surface area contributed by atoms with Gasteiger partial charge < -0.3 is 15.0 Å². The minimum Gasteiger partial charge on any atom is -0.396 e. The van der Waals surface area contributed by atoms with Crippen molar-refractivity contribution in [2.45, 2.75) is 39.8 Å². The van der Waals surface area contributed by atoms with Gasteiger partial charge in [0.1, 0.15) is 0 Å². The number of aliphatic hydroxyl groups excluding tert-OH is 1. The Bertz CT molecular complexity index is 283. The van der Waals surface area contributed by atoms with E-state index in [-0.39, 0.29) is 6.61 Å². The van der Waals surface area contributed by atoms with E-state index in [0.29, 0.717) is 5.92 Å². The normalized spacial score (nSPS) is 12.9. The number of aliphatic hydroxyl groups is 1. The lowest BCUT2D eigenvalue weighted by atomic mass is 10.1. The summed E-state index contributed by atoms with van der Waals surface area (Å²) in [7, 11) is 0. The van der Waals surface area contributed by atoms with E-state index in [9.17, 15) is 0 Å². The fourth-order valence-electron chi connectivity index (χ4n) is 1.84. The molecule has 1 aromatic rings. The molecular formula is C13H24N2O. The third kappa shape index (κ3) is 4.37. The Morgan fingerprint density at radius 1 is 1.50 bits per heavy atom. The van der Waals surface area contributed by atoms with Gasteiger partial charge in [0.05, 0.1) is 0 Å². The average molecular weight is 224 g/mol. The van der Waals surface area contributed by atoms with Crippen molar-refractivity contribution in [2.75, 3.05) is 13.2 Å². The van der Waals surface area contributed by atoms with Crippen molar-refractivity contribution in [3.8, 4) is 0 Å². The Hall–Kier alpha value is -0.800. The minimum atomic E-state index is 0.287. The van der Waals surface area contributed by atoms with Crippen LogP contribution in [0.5, 0.6) is 0 Å². The molecule has 92 valence electrons. The fourth-order valence-corrected chi connectivity index (χ4v) is 1.84. The highest BCUT2D eigenvalue weighted by atomic mass is 16.3. The highest BCUT2D eigenvalue weighted by Gasteiger charge is 2.02. The summed E-state index contributed by atoms with van der Waals surface area (Å²) in [6.07, 6.45) is 4.18. The zero-order valence-corrected chi connectivity index (χ0v) is 10.4. The molecule has 0 aromatic carbocycles. The zero-order valence-electron chi connectivity index (χ0n) is 10.4. The molecule has 0 fully saturated rings. The van der Waals surface area contributed by atoms with Gasteiger partial charge in [0, 0.05) is 31.6 Å². The van der Waals surface area contributed by atoms with Gasteiger partial charge in [0.15, 0.2) is 0 Å². The topological polar surface area (TPSA) is 37.2 Å². The Morgan fingerprint density at radius 3 is 3.00 bits per heavy atom. The first-order chi connectivity index (χ1) is 7.77. The van der Waals surface area contributed by atoms with Crippen LogP contribution in [-0.2, 0) is 13.1 Å². The molecule has 1 aromatic heterocycles. The average Bonchev–Trinajstić information content (AvgIpc) is 2.67. The smallest absolute Gasteiger partial charge is 0.0434 e. The molecule has 1 heterocycles. The van der Waals surface area contributed by atoms with E-state index in [0.717, 1.165) is 26.1 Å². The van der Waals surface area contributed by atoms with Gasteiger partial charge in [-0.05, 0) is 37.4 Å². The van der Waals surface area contributed by atoms with Crippen molar-refractivity contribution in [1.29, 1.82) is 0 Å². The van der Waals surface area contributed by atoms with Gasteiger partial charge in [0.25, 0.3) is 0 Å². The predicted molar refractivity (Wildman–Crippen MR) is 67.3 cm³/mol. The molecule has 0 aliphatic carbocycles. The van der Waals surface area contributed by atoms with E-state index in [1.807, 2.05) is 0 Å². The molecule has 0 spiro atoms. The van der Waals surface area contributed by atoms with Crippen LogP contribution >= 0.6 is 0 Å². The van der Waals surface area contributed by atoms with Gasteiger partial charge in [0.2, 0.25) is 0 Å². The summed E-state index contributed by atoms with van der Waals surface area (Å²) < 4.78 is 2.30. The van der Waals surface area contributed by atoms with Crippen molar-refractivity contribution in [1.82, 2.24) is 9.88 Å². The van der Waals surface area contributed by atoms with Gasteiger partial charge in [-0.3, -0.25) is 0 Å². The summed E-state index contributed by atoms with van der Waals surface area (Å²) in [6.45, 7) is 7.63. The van der Waals surface area contributed by atoms with Crippen LogP contribution in [0.1, 0.15) is 32.4 Å². The second kappa shape index (κ2) is 7.47. The highest BCUT2D eigenvalue weighted by molar-refractivity contribution is 5.06.